The lowest BCUT2D eigenvalue weighted by molar-refractivity contribution is 0.342. The summed E-state index contributed by atoms with van der Waals surface area (Å²) in [7, 11) is 0. The number of anilines is 1. The molecule has 0 atom stereocenters. The molecule has 2 aromatic rings. The Morgan fingerprint density at radius 1 is 1.16 bits per heavy atom. The zero-order valence-electron chi connectivity index (χ0n) is 11.5. The van der Waals surface area contributed by atoms with Gasteiger partial charge in [-0.25, -0.2) is 4.98 Å². The van der Waals surface area contributed by atoms with Crippen LogP contribution in [0.5, 0.6) is 0 Å². The Morgan fingerprint density at radius 3 is 2.68 bits per heavy atom. The summed E-state index contributed by atoms with van der Waals surface area (Å²) in [4.78, 5) is 6.37. The standard InChI is InChI=1S/C16H19N3/c1-3-19(4-2)9-5-6-13-7-8-14-12-18-16(17)11-15(14)10-13/h7-8,10-12H,3-4,9H2,1-2H3,(H2,17,18). The number of hydrogen-bond donors (Lipinski definition) is 1. The van der Waals surface area contributed by atoms with Gasteiger partial charge >= 0.3 is 0 Å². The number of rotatable bonds is 3. The number of fused-ring (bicyclic) bond motifs is 1. The monoisotopic (exact) mass is 253 g/mol. The van der Waals surface area contributed by atoms with E-state index in [1.165, 1.54) is 0 Å². The van der Waals surface area contributed by atoms with Crippen LogP contribution in [0.15, 0.2) is 30.5 Å². The summed E-state index contributed by atoms with van der Waals surface area (Å²) in [6, 6.07) is 7.99. The van der Waals surface area contributed by atoms with Gasteiger partial charge in [-0.2, -0.15) is 0 Å². The Labute approximate surface area is 114 Å². The molecule has 0 unspecified atom stereocenters. The predicted molar refractivity (Wildman–Crippen MR) is 80.8 cm³/mol. The first-order valence-corrected chi connectivity index (χ1v) is 6.59. The summed E-state index contributed by atoms with van der Waals surface area (Å²) in [5, 5.41) is 2.17. The molecule has 0 amide bonds. The molecule has 0 aliphatic heterocycles. The molecule has 0 saturated heterocycles. The molecule has 0 bridgehead atoms. The van der Waals surface area contributed by atoms with Crippen LogP contribution >= 0.6 is 0 Å². The van der Waals surface area contributed by atoms with Crippen molar-refractivity contribution in [2.45, 2.75) is 13.8 Å². The number of nitrogens with two attached hydrogens (primary N) is 1. The van der Waals surface area contributed by atoms with Gasteiger partial charge in [0.15, 0.2) is 0 Å². The third kappa shape index (κ3) is 3.46. The average molecular weight is 253 g/mol. The second-order valence-corrected chi connectivity index (χ2v) is 4.43. The van der Waals surface area contributed by atoms with Crippen molar-refractivity contribution in [1.82, 2.24) is 9.88 Å². The highest BCUT2D eigenvalue weighted by Gasteiger charge is 1.97. The van der Waals surface area contributed by atoms with Gasteiger partial charge in [0.1, 0.15) is 5.82 Å². The van der Waals surface area contributed by atoms with Crippen molar-refractivity contribution in [3.63, 3.8) is 0 Å². The van der Waals surface area contributed by atoms with Crippen LogP contribution in [0.1, 0.15) is 19.4 Å². The van der Waals surface area contributed by atoms with Gasteiger partial charge in [0.05, 0.1) is 6.54 Å². The first-order valence-electron chi connectivity index (χ1n) is 6.59. The van der Waals surface area contributed by atoms with E-state index in [4.69, 9.17) is 5.73 Å². The zero-order valence-corrected chi connectivity index (χ0v) is 11.5. The van der Waals surface area contributed by atoms with Gasteiger partial charge in [-0.1, -0.05) is 31.8 Å². The molecular weight excluding hydrogens is 234 g/mol. The first-order chi connectivity index (χ1) is 9.22. The third-order valence-electron chi connectivity index (χ3n) is 3.17. The summed E-state index contributed by atoms with van der Waals surface area (Å²) in [5.74, 6) is 6.96. The summed E-state index contributed by atoms with van der Waals surface area (Å²) < 4.78 is 0. The molecule has 0 spiro atoms. The molecule has 1 aromatic carbocycles. The largest absolute Gasteiger partial charge is 0.384 e. The van der Waals surface area contributed by atoms with Crippen LogP contribution in [-0.4, -0.2) is 29.5 Å². The van der Waals surface area contributed by atoms with Gasteiger partial charge in [-0.3, -0.25) is 4.90 Å². The first kappa shape index (κ1) is 13.4. The lowest BCUT2D eigenvalue weighted by Gasteiger charge is -2.13. The summed E-state index contributed by atoms with van der Waals surface area (Å²) >= 11 is 0. The highest BCUT2D eigenvalue weighted by Crippen LogP contribution is 2.16. The van der Waals surface area contributed by atoms with Crippen LogP contribution < -0.4 is 5.73 Å². The minimum absolute atomic E-state index is 0.542. The van der Waals surface area contributed by atoms with E-state index in [1.54, 1.807) is 6.20 Å². The average Bonchev–Trinajstić information content (AvgIpc) is 2.43. The zero-order chi connectivity index (χ0) is 13.7. The maximum Gasteiger partial charge on any atom is 0.123 e. The molecule has 0 aliphatic carbocycles. The number of pyridine rings is 1. The van der Waals surface area contributed by atoms with Crippen LogP contribution in [0.2, 0.25) is 0 Å². The molecule has 2 rings (SSSR count). The van der Waals surface area contributed by atoms with Gasteiger partial charge in [0, 0.05) is 17.1 Å². The van der Waals surface area contributed by atoms with Crippen molar-refractivity contribution in [3.05, 3.63) is 36.0 Å². The Kier molecular flexibility index (Phi) is 4.38. The highest BCUT2D eigenvalue weighted by molar-refractivity contribution is 5.84. The number of nitrogen functional groups attached to an aromatic ring is 1. The van der Waals surface area contributed by atoms with Crippen molar-refractivity contribution >= 4 is 16.6 Å². The van der Waals surface area contributed by atoms with E-state index in [9.17, 15) is 0 Å². The minimum Gasteiger partial charge on any atom is -0.384 e. The number of nitrogens with zero attached hydrogens (tertiary/aromatic N) is 2. The third-order valence-corrected chi connectivity index (χ3v) is 3.17. The fourth-order valence-corrected chi connectivity index (χ4v) is 1.94. The lowest BCUT2D eigenvalue weighted by atomic mass is 10.1. The van der Waals surface area contributed by atoms with Gasteiger partial charge in [-0.15, -0.1) is 0 Å². The molecule has 0 radical (unpaired) electrons. The Bertz CT molecular complexity index is 619. The molecule has 1 aromatic heterocycles. The molecule has 0 fully saturated rings. The van der Waals surface area contributed by atoms with E-state index in [1.807, 2.05) is 18.2 Å². The quantitative estimate of drug-likeness (QED) is 0.855. The lowest BCUT2D eigenvalue weighted by Crippen LogP contribution is -2.22. The van der Waals surface area contributed by atoms with Crippen LogP contribution in [0.3, 0.4) is 0 Å². The van der Waals surface area contributed by atoms with E-state index < -0.39 is 0 Å². The minimum atomic E-state index is 0.542. The number of hydrogen-bond acceptors (Lipinski definition) is 3. The molecule has 98 valence electrons. The van der Waals surface area contributed by atoms with Gasteiger partial charge in [0.2, 0.25) is 0 Å². The van der Waals surface area contributed by atoms with Gasteiger partial charge in [0.25, 0.3) is 0 Å². The second-order valence-electron chi connectivity index (χ2n) is 4.43. The Balaban J connectivity index is 2.19. The Morgan fingerprint density at radius 2 is 1.95 bits per heavy atom. The van der Waals surface area contributed by atoms with E-state index in [-0.39, 0.29) is 0 Å². The molecule has 19 heavy (non-hydrogen) atoms. The molecule has 3 heteroatoms. The second kappa shape index (κ2) is 6.21. The van der Waals surface area contributed by atoms with Crippen molar-refractivity contribution < 1.29 is 0 Å². The SMILES string of the molecule is CCN(CC)CC#Cc1ccc2cnc(N)cc2c1. The van der Waals surface area contributed by atoms with Gasteiger partial charge < -0.3 is 5.73 Å². The topological polar surface area (TPSA) is 42.2 Å². The number of benzene rings is 1. The van der Waals surface area contributed by atoms with E-state index in [0.29, 0.717) is 5.82 Å². The van der Waals surface area contributed by atoms with Gasteiger partial charge in [-0.05, 0) is 36.7 Å². The summed E-state index contributed by atoms with van der Waals surface area (Å²) in [5.41, 5.74) is 6.71. The van der Waals surface area contributed by atoms with Crippen molar-refractivity contribution in [2.75, 3.05) is 25.4 Å². The predicted octanol–water partition coefficient (Wildman–Crippen LogP) is 2.51. The van der Waals surface area contributed by atoms with Crippen LogP contribution in [0, 0.1) is 11.8 Å². The highest BCUT2D eigenvalue weighted by atomic mass is 15.1. The van der Waals surface area contributed by atoms with E-state index in [0.717, 1.165) is 36.0 Å². The van der Waals surface area contributed by atoms with Crippen molar-refractivity contribution in [3.8, 4) is 11.8 Å². The fourth-order valence-electron chi connectivity index (χ4n) is 1.94. The smallest absolute Gasteiger partial charge is 0.123 e. The molecular formula is C16H19N3. The molecule has 0 saturated carbocycles. The van der Waals surface area contributed by atoms with E-state index >= 15 is 0 Å². The number of aromatic nitrogens is 1. The van der Waals surface area contributed by atoms with Crippen LogP contribution in [0.4, 0.5) is 5.82 Å². The van der Waals surface area contributed by atoms with E-state index in [2.05, 4.69) is 41.6 Å². The summed E-state index contributed by atoms with van der Waals surface area (Å²) in [6.45, 7) is 7.17. The van der Waals surface area contributed by atoms with Crippen LogP contribution in [0.25, 0.3) is 10.8 Å². The van der Waals surface area contributed by atoms with Crippen molar-refractivity contribution in [2.24, 2.45) is 0 Å². The maximum absolute atomic E-state index is 5.70. The fraction of sp³-hybridized carbons (Fsp3) is 0.312. The maximum atomic E-state index is 5.70. The molecule has 0 aliphatic rings. The summed E-state index contributed by atoms with van der Waals surface area (Å²) in [6.07, 6.45) is 1.79. The normalized spacial score (nSPS) is 10.5. The van der Waals surface area contributed by atoms with Crippen molar-refractivity contribution in [1.29, 1.82) is 0 Å². The molecule has 3 nitrogen and oxygen atoms in total. The van der Waals surface area contributed by atoms with Crippen LogP contribution in [-0.2, 0) is 0 Å². The molecule has 1 heterocycles. The Hall–Kier alpha value is -2.05. The molecule has 2 N–H and O–H groups in total.